The van der Waals surface area contributed by atoms with Crippen LogP contribution in [-0.2, 0) is 52.1 Å². The van der Waals surface area contributed by atoms with Crippen LogP contribution >= 0.6 is 0 Å². The first-order valence-corrected chi connectivity index (χ1v) is 16.7. The Balaban J connectivity index is 0.926. The Morgan fingerprint density at radius 1 is 0.511 bits per heavy atom. The molecule has 2 aliphatic heterocycles. The van der Waals surface area contributed by atoms with Crippen molar-refractivity contribution in [2.24, 2.45) is 0 Å². The first-order valence-electron chi connectivity index (χ1n) is 16.7. The first kappa shape index (κ1) is 39.4. The number of hydrogen-bond donors (Lipinski definition) is 0. The monoisotopic (exact) mass is 671 g/mol. The van der Waals surface area contributed by atoms with Crippen LogP contribution in [0.1, 0.15) is 40.0 Å². The van der Waals surface area contributed by atoms with Crippen LogP contribution in [-0.4, -0.2) is 162 Å². The van der Waals surface area contributed by atoms with Crippen molar-refractivity contribution in [1.82, 2.24) is 4.90 Å². The van der Waals surface area contributed by atoms with Crippen molar-refractivity contribution in [3.8, 4) is 0 Å². The lowest BCUT2D eigenvalue weighted by molar-refractivity contribution is -0.169. The third-order valence-electron chi connectivity index (χ3n) is 6.98. The highest BCUT2D eigenvalue weighted by Crippen LogP contribution is 2.21. The second kappa shape index (κ2) is 26.8. The normalized spacial score (nSPS) is 16.3. The topological polar surface area (TPSA) is 139 Å². The molecule has 1 aromatic carbocycles. The molecule has 0 aromatic heterocycles. The Labute approximate surface area is 278 Å². The van der Waals surface area contributed by atoms with Gasteiger partial charge < -0.3 is 52.1 Å². The Kier molecular flexibility index (Phi) is 22.5. The van der Waals surface area contributed by atoms with Crippen LogP contribution in [0.3, 0.4) is 0 Å². The molecule has 0 radical (unpaired) electrons. The van der Waals surface area contributed by atoms with E-state index in [1.165, 1.54) is 4.90 Å². The van der Waals surface area contributed by atoms with Gasteiger partial charge in [0.2, 0.25) is 0 Å². The van der Waals surface area contributed by atoms with Crippen LogP contribution in [0.4, 0.5) is 0 Å². The molecule has 1 atom stereocenters. The number of benzene rings is 1. The number of rotatable bonds is 31. The van der Waals surface area contributed by atoms with Gasteiger partial charge in [0.1, 0.15) is 0 Å². The number of amides is 2. The number of fused-ring (bicyclic) bond motifs is 1. The highest BCUT2D eigenvalue weighted by Gasteiger charge is 2.34. The molecule has 2 heterocycles. The lowest BCUT2D eigenvalue weighted by Crippen LogP contribution is -2.33. The zero-order chi connectivity index (χ0) is 33.0. The van der Waals surface area contributed by atoms with Crippen LogP contribution in [0.15, 0.2) is 24.3 Å². The summed E-state index contributed by atoms with van der Waals surface area (Å²) in [5.41, 5.74) is 0.886. The van der Waals surface area contributed by atoms with Gasteiger partial charge in [-0.15, -0.1) is 0 Å². The van der Waals surface area contributed by atoms with E-state index in [-0.39, 0.29) is 31.3 Å². The fourth-order valence-corrected chi connectivity index (χ4v) is 4.54. The van der Waals surface area contributed by atoms with E-state index >= 15 is 0 Å². The van der Waals surface area contributed by atoms with Gasteiger partial charge in [0, 0.05) is 6.61 Å². The van der Waals surface area contributed by atoms with E-state index in [4.69, 9.17) is 52.1 Å². The summed E-state index contributed by atoms with van der Waals surface area (Å²) in [6.07, 6.45) is 3.17. The van der Waals surface area contributed by atoms with E-state index in [9.17, 15) is 9.59 Å². The molecule has 1 fully saturated rings. The Bertz CT molecular complexity index is 912. The van der Waals surface area contributed by atoms with Crippen LogP contribution in [0.2, 0.25) is 0 Å². The smallest absolute Gasteiger partial charge is 0.261 e. The van der Waals surface area contributed by atoms with Crippen molar-refractivity contribution in [2.75, 3.05) is 139 Å². The van der Waals surface area contributed by atoms with Crippen LogP contribution in [0, 0.1) is 0 Å². The molecule has 0 bridgehead atoms. The quantitative estimate of drug-likeness (QED) is 0.0841. The summed E-state index contributed by atoms with van der Waals surface area (Å²) in [5.74, 6) is -0.553. The molecule has 0 aliphatic carbocycles. The van der Waals surface area contributed by atoms with Crippen molar-refractivity contribution in [2.45, 2.75) is 25.6 Å². The first-order chi connectivity index (χ1) is 23.3. The molecular weight excluding hydrogens is 618 g/mol. The molecular formula is C33H53NO13. The van der Waals surface area contributed by atoms with Crippen molar-refractivity contribution >= 4 is 11.8 Å². The zero-order valence-electron chi connectivity index (χ0n) is 27.6. The minimum atomic E-state index is -0.276. The Hall–Kier alpha value is -2.08. The van der Waals surface area contributed by atoms with Gasteiger partial charge in [0.25, 0.3) is 11.8 Å². The average Bonchev–Trinajstić information content (AvgIpc) is 3.34. The molecule has 0 spiro atoms. The summed E-state index contributed by atoms with van der Waals surface area (Å²) in [7, 11) is 0. The van der Waals surface area contributed by atoms with Gasteiger partial charge in [-0.3, -0.25) is 14.5 Å². The molecule has 2 amide bonds. The molecule has 14 nitrogen and oxygen atoms in total. The zero-order valence-corrected chi connectivity index (χ0v) is 27.6. The lowest BCUT2D eigenvalue weighted by Gasteiger charge is -2.22. The number of carbonyl (C=O) groups excluding carboxylic acids is 2. The van der Waals surface area contributed by atoms with Crippen LogP contribution < -0.4 is 0 Å². The van der Waals surface area contributed by atoms with E-state index in [0.29, 0.717) is 130 Å². The maximum atomic E-state index is 12.3. The number of ether oxygens (including phenoxy) is 11. The SMILES string of the molecule is O=C1c2ccccc2C(=O)N1CCOCCOCCOCCOCCOCCOCCOCCOCCOCCOC1CCCCO1. The average molecular weight is 672 g/mol. The highest BCUT2D eigenvalue weighted by atomic mass is 16.7. The van der Waals surface area contributed by atoms with Crippen molar-refractivity contribution in [3.05, 3.63) is 35.4 Å². The second-order valence-corrected chi connectivity index (χ2v) is 10.5. The molecule has 1 saturated heterocycles. The minimum absolute atomic E-state index is 0.0724. The largest absolute Gasteiger partial charge is 0.377 e. The summed E-state index contributed by atoms with van der Waals surface area (Å²) in [6, 6.07) is 6.82. The minimum Gasteiger partial charge on any atom is -0.377 e. The number of imide groups is 1. The van der Waals surface area contributed by atoms with Gasteiger partial charge in [-0.25, -0.2) is 0 Å². The fraction of sp³-hybridized carbons (Fsp3) is 0.758. The third kappa shape index (κ3) is 17.8. The van der Waals surface area contributed by atoms with Crippen molar-refractivity contribution in [1.29, 1.82) is 0 Å². The van der Waals surface area contributed by atoms with E-state index in [1.54, 1.807) is 24.3 Å². The summed E-state index contributed by atoms with van der Waals surface area (Å²) in [4.78, 5) is 25.8. The van der Waals surface area contributed by atoms with E-state index in [2.05, 4.69) is 0 Å². The Morgan fingerprint density at radius 2 is 0.872 bits per heavy atom. The standard InChI is InChI=1S/C33H53NO13/c35-32-29-5-1-2-6-30(29)33(36)34(32)8-10-37-11-12-38-13-14-39-15-16-40-17-18-41-19-20-42-21-22-43-23-24-44-25-26-45-27-28-47-31-7-3-4-9-46-31/h1-2,5-6,31H,3-4,7-28H2. The molecule has 3 rings (SSSR count). The molecule has 1 aromatic rings. The summed E-state index contributed by atoms with van der Waals surface area (Å²) in [6.45, 7) is 9.96. The molecule has 0 N–H and O–H groups in total. The lowest BCUT2D eigenvalue weighted by atomic mass is 10.1. The molecule has 47 heavy (non-hydrogen) atoms. The van der Waals surface area contributed by atoms with Gasteiger partial charge >= 0.3 is 0 Å². The van der Waals surface area contributed by atoms with E-state index < -0.39 is 0 Å². The predicted octanol–water partition coefficient (Wildman–Crippen LogP) is 1.98. The molecule has 2 aliphatic rings. The van der Waals surface area contributed by atoms with Gasteiger partial charge in [0.05, 0.1) is 143 Å². The molecule has 1 unspecified atom stereocenters. The van der Waals surface area contributed by atoms with Crippen molar-refractivity contribution < 1.29 is 61.7 Å². The van der Waals surface area contributed by atoms with Crippen LogP contribution in [0.25, 0.3) is 0 Å². The Morgan fingerprint density at radius 3 is 1.23 bits per heavy atom. The van der Waals surface area contributed by atoms with Gasteiger partial charge in [-0.05, 0) is 31.4 Å². The van der Waals surface area contributed by atoms with E-state index in [0.717, 1.165) is 25.9 Å². The maximum Gasteiger partial charge on any atom is 0.261 e. The maximum absolute atomic E-state index is 12.3. The number of nitrogens with zero attached hydrogens (tertiary/aromatic N) is 1. The summed E-state index contributed by atoms with van der Waals surface area (Å²) < 4.78 is 60.4. The summed E-state index contributed by atoms with van der Waals surface area (Å²) in [5, 5.41) is 0. The highest BCUT2D eigenvalue weighted by molar-refractivity contribution is 6.21. The van der Waals surface area contributed by atoms with Gasteiger partial charge in [0.15, 0.2) is 6.29 Å². The second-order valence-electron chi connectivity index (χ2n) is 10.5. The van der Waals surface area contributed by atoms with Gasteiger partial charge in [-0.1, -0.05) is 12.1 Å². The predicted molar refractivity (Wildman–Crippen MR) is 169 cm³/mol. The summed E-state index contributed by atoms with van der Waals surface area (Å²) >= 11 is 0. The number of carbonyl (C=O) groups is 2. The van der Waals surface area contributed by atoms with Gasteiger partial charge in [-0.2, -0.15) is 0 Å². The molecule has 14 heteroatoms. The third-order valence-corrected chi connectivity index (χ3v) is 6.98. The van der Waals surface area contributed by atoms with E-state index in [1.807, 2.05) is 0 Å². The fourth-order valence-electron chi connectivity index (χ4n) is 4.54. The number of hydrogen-bond acceptors (Lipinski definition) is 13. The molecule has 268 valence electrons. The van der Waals surface area contributed by atoms with Crippen LogP contribution in [0.5, 0.6) is 0 Å². The van der Waals surface area contributed by atoms with Crippen molar-refractivity contribution in [3.63, 3.8) is 0 Å². The molecule has 0 saturated carbocycles.